The first-order valence-electron chi connectivity index (χ1n) is 5.53. The van der Waals surface area contributed by atoms with Gasteiger partial charge in [-0.1, -0.05) is 11.3 Å². The lowest BCUT2D eigenvalue weighted by molar-refractivity contribution is -0.140. The average molecular weight is 356 g/mol. The van der Waals surface area contributed by atoms with E-state index in [0.29, 0.717) is 17.4 Å². The van der Waals surface area contributed by atoms with Crippen molar-refractivity contribution in [3.05, 3.63) is 35.1 Å². The zero-order valence-corrected chi connectivity index (χ0v) is 12.4. The van der Waals surface area contributed by atoms with E-state index in [2.05, 4.69) is 9.72 Å². The molecule has 1 heterocycles. The van der Waals surface area contributed by atoms with Crippen molar-refractivity contribution in [2.24, 2.45) is 0 Å². The molecule has 1 aromatic carbocycles. The van der Waals surface area contributed by atoms with Gasteiger partial charge in [0.05, 0.1) is 23.8 Å². The summed E-state index contributed by atoms with van der Waals surface area (Å²) in [5, 5.41) is -1.15. The lowest BCUT2D eigenvalue weighted by Gasteiger charge is -2.14. The number of benzene rings is 1. The fourth-order valence-electron chi connectivity index (χ4n) is 1.56. The molecule has 120 valence electrons. The second-order valence-electron chi connectivity index (χ2n) is 3.93. The van der Waals surface area contributed by atoms with E-state index in [-0.39, 0.29) is 10.9 Å². The number of anilines is 1. The predicted octanol–water partition coefficient (Wildman–Crippen LogP) is 3.11. The third kappa shape index (κ3) is 3.47. The number of sulfonamides is 1. The van der Waals surface area contributed by atoms with Crippen molar-refractivity contribution in [1.82, 2.24) is 4.98 Å². The highest BCUT2D eigenvalue weighted by atomic mass is 32.2. The van der Waals surface area contributed by atoms with Crippen molar-refractivity contribution >= 4 is 26.5 Å². The van der Waals surface area contributed by atoms with Crippen LogP contribution in [-0.4, -0.2) is 20.5 Å². The molecule has 0 saturated carbocycles. The van der Waals surface area contributed by atoms with Crippen LogP contribution in [0.15, 0.2) is 29.3 Å². The number of nitrogens with zero attached hydrogens (tertiary/aromatic N) is 1. The van der Waals surface area contributed by atoms with Crippen molar-refractivity contribution in [2.45, 2.75) is 11.1 Å². The summed E-state index contributed by atoms with van der Waals surface area (Å²) in [5.41, 5.74) is -1.39. The van der Waals surface area contributed by atoms with Gasteiger partial charge < -0.3 is 4.74 Å². The topological polar surface area (TPSA) is 68.3 Å². The van der Waals surface area contributed by atoms with E-state index in [1.165, 1.54) is 0 Å². The van der Waals surface area contributed by atoms with Crippen LogP contribution in [0.2, 0.25) is 0 Å². The lowest BCUT2D eigenvalue weighted by atomic mass is 10.2. The average Bonchev–Trinajstić information content (AvgIpc) is 2.81. The van der Waals surface area contributed by atoms with Gasteiger partial charge in [-0.15, -0.1) is 0 Å². The Hall–Kier alpha value is -1.88. The number of thiazole rings is 1. The first-order valence-corrected chi connectivity index (χ1v) is 7.83. The third-order valence-corrected chi connectivity index (χ3v) is 4.71. The molecule has 2 rings (SSSR count). The molecule has 0 atom stereocenters. The van der Waals surface area contributed by atoms with Crippen molar-refractivity contribution in [3.8, 4) is 5.75 Å². The maximum atomic E-state index is 13.0. The fourth-order valence-corrected chi connectivity index (χ4v) is 3.56. The molecule has 0 radical (unpaired) electrons. The Bertz CT molecular complexity index is 787. The lowest BCUT2D eigenvalue weighted by Crippen LogP contribution is -2.19. The highest BCUT2D eigenvalue weighted by Gasteiger charge is 2.38. The maximum absolute atomic E-state index is 13.0. The second kappa shape index (κ2) is 5.72. The molecule has 0 unspecified atom stereocenters. The fraction of sp³-hybridized carbons (Fsp3) is 0.182. The zero-order valence-electron chi connectivity index (χ0n) is 10.8. The Kier molecular flexibility index (Phi) is 4.29. The largest absolute Gasteiger partial charge is 0.497 e. The van der Waals surface area contributed by atoms with E-state index in [9.17, 15) is 26.0 Å². The van der Waals surface area contributed by atoms with Gasteiger partial charge in [0.15, 0.2) is 10.3 Å². The van der Waals surface area contributed by atoms with Gasteiger partial charge in [0, 0.05) is 0 Å². The Morgan fingerprint density at radius 3 is 2.50 bits per heavy atom. The quantitative estimate of drug-likeness (QED) is 0.855. The SMILES string of the molecule is COc1ccc(S(=O)(=O)Nc2ncc(F)s2)c(C(F)(F)F)c1. The summed E-state index contributed by atoms with van der Waals surface area (Å²) in [6.45, 7) is 0. The molecule has 1 aromatic heterocycles. The smallest absolute Gasteiger partial charge is 0.417 e. The summed E-state index contributed by atoms with van der Waals surface area (Å²) in [6, 6.07) is 2.40. The molecule has 0 aliphatic heterocycles. The number of methoxy groups -OCH3 is 1. The number of ether oxygens (including phenoxy) is 1. The highest BCUT2D eigenvalue weighted by Crippen LogP contribution is 2.37. The molecule has 0 bridgehead atoms. The van der Waals surface area contributed by atoms with Crippen molar-refractivity contribution in [3.63, 3.8) is 0 Å². The summed E-state index contributed by atoms with van der Waals surface area (Å²) in [4.78, 5) is 2.40. The third-order valence-electron chi connectivity index (χ3n) is 2.48. The Morgan fingerprint density at radius 2 is 2.00 bits per heavy atom. The minimum absolute atomic E-state index is 0.147. The molecule has 2 aromatic rings. The van der Waals surface area contributed by atoms with Crippen LogP contribution in [-0.2, 0) is 16.2 Å². The van der Waals surface area contributed by atoms with Crippen LogP contribution in [0.3, 0.4) is 0 Å². The van der Waals surface area contributed by atoms with Crippen LogP contribution in [0.5, 0.6) is 5.75 Å². The van der Waals surface area contributed by atoms with Gasteiger partial charge in [-0.3, -0.25) is 4.72 Å². The highest BCUT2D eigenvalue weighted by molar-refractivity contribution is 7.93. The van der Waals surface area contributed by atoms with Gasteiger partial charge in [0.25, 0.3) is 10.0 Å². The maximum Gasteiger partial charge on any atom is 0.417 e. The minimum atomic E-state index is -4.91. The number of aromatic nitrogens is 1. The van der Waals surface area contributed by atoms with Crippen LogP contribution in [0.25, 0.3) is 0 Å². The second-order valence-corrected chi connectivity index (χ2v) is 6.57. The molecule has 11 heteroatoms. The standard InChI is InChI=1S/C11H8F4N2O3S2/c1-20-6-2-3-8(7(4-6)11(13,14)15)22(18,19)17-10-16-5-9(12)21-10/h2-5H,1H3,(H,16,17). The van der Waals surface area contributed by atoms with Crippen LogP contribution in [0.4, 0.5) is 22.7 Å². The Labute approximate surface area is 126 Å². The molecule has 5 nitrogen and oxygen atoms in total. The van der Waals surface area contributed by atoms with E-state index in [1.807, 2.05) is 0 Å². The van der Waals surface area contributed by atoms with Gasteiger partial charge in [-0.25, -0.2) is 13.4 Å². The van der Waals surface area contributed by atoms with Crippen molar-refractivity contribution < 1.29 is 30.7 Å². The number of nitrogens with one attached hydrogen (secondary N) is 1. The molecule has 22 heavy (non-hydrogen) atoms. The molecule has 0 amide bonds. The van der Waals surface area contributed by atoms with E-state index < -0.39 is 31.8 Å². The number of rotatable bonds is 4. The molecular weight excluding hydrogens is 348 g/mol. The number of halogens is 4. The zero-order chi connectivity index (χ0) is 16.5. The van der Waals surface area contributed by atoms with E-state index in [1.54, 1.807) is 4.72 Å². The van der Waals surface area contributed by atoms with E-state index in [4.69, 9.17) is 0 Å². The molecule has 1 N–H and O–H groups in total. The monoisotopic (exact) mass is 356 g/mol. The first kappa shape index (κ1) is 16.5. The minimum Gasteiger partial charge on any atom is -0.497 e. The van der Waals surface area contributed by atoms with Gasteiger partial charge in [0.2, 0.25) is 0 Å². The van der Waals surface area contributed by atoms with Gasteiger partial charge >= 0.3 is 6.18 Å². The van der Waals surface area contributed by atoms with Crippen molar-refractivity contribution in [2.75, 3.05) is 11.8 Å². The summed E-state index contributed by atoms with van der Waals surface area (Å²) >= 11 is 0.356. The van der Waals surface area contributed by atoms with E-state index >= 15 is 0 Å². The molecule has 0 saturated heterocycles. The van der Waals surface area contributed by atoms with Crippen LogP contribution in [0, 0.1) is 5.13 Å². The molecule has 0 aliphatic carbocycles. The molecule has 0 aliphatic rings. The van der Waals surface area contributed by atoms with Gasteiger partial charge in [0.1, 0.15) is 5.75 Å². The summed E-state index contributed by atoms with van der Waals surface area (Å²) in [6.07, 6.45) is -4.16. The first-order chi connectivity index (χ1) is 10.1. The number of hydrogen-bond donors (Lipinski definition) is 1. The predicted molar refractivity (Wildman–Crippen MR) is 70.9 cm³/mol. The number of hydrogen-bond acceptors (Lipinski definition) is 5. The van der Waals surface area contributed by atoms with Crippen LogP contribution < -0.4 is 9.46 Å². The molecule has 0 spiro atoms. The number of alkyl halides is 3. The van der Waals surface area contributed by atoms with E-state index in [0.717, 1.165) is 25.4 Å². The molecule has 0 fully saturated rings. The summed E-state index contributed by atoms with van der Waals surface area (Å²) in [7, 11) is -3.43. The Balaban J connectivity index is 2.50. The van der Waals surface area contributed by atoms with Crippen LogP contribution in [0.1, 0.15) is 5.56 Å². The summed E-state index contributed by atoms with van der Waals surface area (Å²) in [5.74, 6) is -0.147. The van der Waals surface area contributed by atoms with Gasteiger partial charge in [-0.2, -0.15) is 17.6 Å². The summed E-state index contributed by atoms with van der Waals surface area (Å²) < 4.78 is 82.5. The van der Waals surface area contributed by atoms with Crippen LogP contribution >= 0.6 is 11.3 Å². The van der Waals surface area contributed by atoms with Gasteiger partial charge in [-0.05, 0) is 18.2 Å². The molecular formula is C11H8F4N2O3S2. The van der Waals surface area contributed by atoms with Crippen molar-refractivity contribution in [1.29, 1.82) is 0 Å². The Morgan fingerprint density at radius 1 is 1.32 bits per heavy atom. The normalized spacial score (nSPS) is 12.2.